The number of amides is 2. The van der Waals surface area contributed by atoms with Crippen molar-refractivity contribution in [2.24, 2.45) is 5.92 Å². The molecular formula is C28H27NO3. The van der Waals surface area contributed by atoms with Gasteiger partial charge in [0.15, 0.2) is 0 Å². The van der Waals surface area contributed by atoms with E-state index >= 15 is 0 Å². The third kappa shape index (κ3) is 4.50. The van der Waals surface area contributed by atoms with E-state index in [1.807, 2.05) is 73.7 Å². The topological polar surface area (TPSA) is 46.6 Å². The highest BCUT2D eigenvalue weighted by Gasteiger charge is 2.35. The van der Waals surface area contributed by atoms with Crippen LogP contribution >= 0.6 is 0 Å². The van der Waals surface area contributed by atoms with E-state index in [4.69, 9.17) is 4.74 Å². The van der Waals surface area contributed by atoms with Crippen molar-refractivity contribution in [3.8, 4) is 5.75 Å². The molecule has 0 bridgehead atoms. The lowest BCUT2D eigenvalue weighted by Gasteiger charge is -2.29. The molecule has 0 aliphatic carbocycles. The van der Waals surface area contributed by atoms with Gasteiger partial charge in [0, 0.05) is 11.1 Å². The van der Waals surface area contributed by atoms with Crippen molar-refractivity contribution in [2.75, 3.05) is 11.5 Å². The fourth-order valence-corrected chi connectivity index (χ4v) is 3.73. The van der Waals surface area contributed by atoms with Gasteiger partial charge < -0.3 is 4.74 Å². The number of benzene rings is 3. The van der Waals surface area contributed by atoms with Gasteiger partial charge in [-0.1, -0.05) is 56.3 Å². The number of ether oxygens (including phenoxy) is 1. The molecule has 1 aliphatic heterocycles. The van der Waals surface area contributed by atoms with E-state index in [-0.39, 0.29) is 11.8 Å². The third-order valence-corrected chi connectivity index (χ3v) is 5.50. The van der Waals surface area contributed by atoms with Gasteiger partial charge >= 0.3 is 0 Å². The number of carbonyl (C=O) groups excluding carboxylic acids is 2. The first-order chi connectivity index (χ1) is 15.4. The summed E-state index contributed by atoms with van der Waals surface area (Å²) >= 11 is 0. The number of aryl methyl sites for hydroxylation is 1. The maximum absolute atomic E-state index is 13.5. The number of carbonyl (C=O) groups is 2. The molecule has 4 rings (SSSR count). The summed E-state index contributed by atoms with van der Waals surface area (Å²) in [6.45, 7) is 6.96. The lowest BCUT2D eigenvalue weighted by atomic mass is 9.91. The second-order valence-electron chi connectivity index (χ2n) is 8.49. The van der Waals surface area contributed by atoms with Crippen LogP contribution in [0.25, 0.3) is 11.6 Å². The minimum absolute atomic E-state index is 0.303. The standard InChI is InChI=1S/C28H27NO3/c1-19(2)15-16-32-23-13-11-21(12-14-23)18-26-24-9-4-5-10-25(24)27(30)29(28(26)31)22-8-6-7-20(3)17-22/h4-14,17-19H,15-16H2,1-3H3. The van der Waals surface area contributed by atoms with Crippen molar-refractivity contribution < 1.29 is 14.3 Å². The average molecular weight is 426 g/mol. The van der Waals surface area contributed by atoms with Gasteiger partial charge in [0.05, 0.1) is 12.3 Å². The molecule has 0 fully saturated rings. The Bertz CT molecular complexity index is 1180. The van der Waals surface area contributed by atoms with Crippen molar-refractivity contribution >= 4 is 29.2 Å². The molecule has 32 heavy (non-hydrogen) atoms. The number of anilines is 1. The Labute approximate surface area is 189 Å². The molecule has 3 aromatic carbocycles. The fourth-order valence-electron chi connectivity index (χ4n) is 3.73. The highest BCUT2D eigenvalue weighted by atomic mass is 16.5. The molecule has 0 saturated heterocycles. The first kappa shape index (κ1) is 21.6. The highest BCUT2D eigenvalue weighted by Crippen LogP contribution is 2.33. The quantitative estimate of drug-likeness (QED) is 0.352. The van der Waals surface area contributed by atoms with Crippen LogP contribution in [0.1, 0.15) is 47.3 Å². The summed E-state index contributed by atoms with van der Waals surface area (Å²) in [7, 11) is 0. The van der Waals surface area contributed by atoms with E-state index in [0.717, 1.165) is 23.3 Å². The van der Waals surface area contributed by atoms with Crippen LogP contribution < -0.4 is 9.64 Å². The van der Waals surface area contributed by atoms with Crippen LogP contribution in [0.3, 0.4) is 0 Å². The number of fused-ring (bicyclic) bond motifs is 1. The summed E-state index contributed by atoms with van der Waals surface area (Å²) < 4.78 is 5.80. The maximum Gasteiger partial charge on any atom is 0.265 e. The Morgan fingerprint density at radius 2 is 1.59 bits per heavy atom. The first-order valence-electron chi connectivity index (χ1n) is 10.9. The molecule has 4 nitrogen and oxygen atoms in total. The van der Waals surface area contributed by atoms with Gasteiger partial charge in [0.2, 0.25) is 0 Å². The van der Waals surface area contributed by atoms with Crippen molar-refractivity contribution in [1.29, 1.82) is 0 Å². The van der Waals surface area contributed by atoms with Crippen molar-refractivity contribution in [3.05, 3.63) is 95.1 Å². The van der Waals surface area contributed by atoms with E-state index in [1.165, 1.54) is 4.90 Å². The molecule has 0 radical (unpaired) electrons. The molecule has 0 unspecified atom stereocenters. The van der Waals surface area contributed by atoms with E-state index in [9.17, 15) is 9.59 Å². The van der Waals surface area contributed by atoms with Gasteiger partial charge in [-0.25, -0.2) is 4.90 Å². The van der Waals surface area contributed by atoms with Gasteiger partial charge in [-0.3, -0.25) is 9.59 Å². The Balaban J connectivity index is 1.69. The Morgan fingerprint density at radius 1 is 0.875 bits per heavy atom. The number of rotatable bonds is 6. The molecule has 3 aromatic rings. The zero-order valence-corrected chi connectivity index (χ0v) is 18.7. The molecule has 0 saturated carbocycles. The molecule has 0 spiro atoms. The minimum Gasteiger partial charge on any atom is -0.494 e. The van der Waals surface area contributed by atoms with Gasteiger partial charge in [-0.15, -0.1) is 0 Å². The average Bonchev–Trinajstić information content (AvgIpc) is 2.78. The highest BCUT2D eigenvalue weighted by molar-refractivity contribution is 6.43. The summed E-state index contributed by atoms with van der Waals surface area (Å²) in [5, 5.41) is 0. The van der Waals surface area contributed by atoms with E-state index < -0.39 is 0 Å². The molecule has 0 N–H and O–H groups in total. The molecular weight excluding hydrogens is 398 g/mol. The maximum atomic E-state index is 13.5. The lowest BCUT2D eigenvalue weighted by Crippen LogP contribution is -2.41. The zero-order chi connectivity index (χ0) is 22.7. The van der Waals surface area contributed by atoms with E-state index in [1.54, 1.807) is 12.1 Å². The Morgan fingerprint density at radius 3 is 2.28 bits per heavy atom. The number of hydrogen-bond donors (Lipinski definition) is 0. The number of nitrogens with zero attached hydrogens (tertiary/aromatic N) is 1. The van der Waals surface area contributed by atoms with Gasteiger partial charge in [-0.05, 0) is 72.4 Å². The van der Waals surface area contributed by atoms with Crippen molar-refractivity contribution in [1.82, 2.24) is 0 Å². The molecule has 4 heteroatoms. The molecule has 0 atom stereocenters. The largest absolute Gasteiger partial charge is 0.494 e. The molecule has 0 aromatic heterocycles. The van der Waals surface area contributed by atoms with Crippen LogP contribution in [0.4, 0.5) is 5.69 Å². The Hall–Kier alpha value is -3.66. The van der Waals surface area contributed by atoms with Gasteiger partial charge in [0.1, 0.15) is 5.75 Å². The smallest absolute Gasteiger partial charge is 0.265 e. The van der Waals surface area contributed by atoms with Crippen molar-refractivity contribution in [2.45, 2.75) is 27.2 Å². The lowest BCUT2D eigenvalue weighted by molar-refractivity contribution is -0.112. The number of imide groups is 1. The van der Waals surface area contributed by atoms with Crippen LogP contribution in [-0.2, 0) is 4.79 Å². The van der Waals surface area contributed by atoms with Crippen molar-refractivity contribution in [3.63, 3.8) is 0 Å². The second kappa shape index (κ2) is 9.23. The Kier molecular flexibility index (Phi) is 6.22. The third-order valence-electron chi connectivity index (χ3n) is 5.50. The monoisotopic (exact) mass is 425 g/mol. The van der Waals surface area contributed by atoms with Gasteiger partial charge in [0.25, 0.3) is 11.8 Å². The number of hydrogen-bond acceptors (Lipinski definition) is 3. The van der Waals surface area contributed by atoms with Crippen LogP contribution in [0, 0.1) is 12.8 Å². The second-order valence-corrected chi connectivity index (χ2v) is 8.49. The van der Waals surface area contributed by atoms with E-state index in [0.29, 0.717) is 34.9 Å². The molecule has 2 amide bonds. The SMILES string of the molecule is Cc1cccc(N2C(=O)C(=Cc3ccc(OCCC(C)C)cc3)c3ccccc3C2=O)c1. The van der Waals surface area contributed by atoms with Crippen LogP contribution in [-0.4, -0.2) is 18.4 Å². The predicted octanol–water partition coefficient (Wildman–Crippen LogP) is 6.15. The molecule has 162 valence electrons. The molecule has 1 heterocycles. The van der Waals surface area contributed by atoms with Gasteiger partial charge in [-0.2, -0.15) is 0 Å². The van der Waals surface area contributed by atoms with Crippen LogP contribution in [0.15, 0.2) is 72.8 Å². The summed E-state index contributed by atoms with van der Waals surface area (Å²) in [6.07, 6.45) is 2.84. The van der Waals surface area contributed by atoms with Crippen LogP contribution in [0.5, 0.6) is 5.75 Å². The van der Waals surface area contributed by atoms with Crippen LogP contribution in [0.2, 0.25) is 0 Å². The minimum atomic E-state index is -0.323. The van der Waals surface area contributed by atoms with E-state index in [2.05, 4.69) is 13.8 Å². The first-order valence-corrected chi connectivity index (χ1v) is 10.9. The summed E-state index contributed by atoms with van der Waals surface area (Å²) in [5.41, 5.74) is 4.11. The summed E-state index contributed by atoms with van der Waals surface area (Å²) in [6, 6.07) is 22.4. The molecule has 1 aliphatic rings. The summed E-state index contributed by atoms with van der Waals surface area (Å²) in [5.74, 6) is 0.772. The normalized spacial score (nSPS) is 14.8. The summed E-state index contributed by atoms with van der Waals surface area (Å²) in [4.78, 5) is 28.0. The fraction of sp³-hybridized carbons (Fsp3) is 0.214. The zero-order valence-electron chi connectivity index (χ0n) is 18.7. The predicted molar refractivity (Wildman–Crippen MR) is 129 cm³/mol.